The van der Waals surface area contributed by atoms with Crippen LogP contribution in [0.2, 0.25) is 0 Å². The molecule has 0 aliphatic carbocycles. The molecule has 2 nitrogen and oxygen atoms in total. The summed E-state index contributed by atoms with van der Waals surface area (Å²) in [6.07, 6.45) is 6.82. The molecular weight excluding hydrogens is 279 g/mol. The van der Waals surface area contributed by atoms with Crippen LogP contribution < -0.4 is 0 Å². The second-order valence-electron chi connectivity index (χ2n) is 5.57. The van der Waals surface area contributed by atoms with Gasteiger partial charge in [0.25, 0.3) is 0 Å². The van der Waals surface area contributed by atoms with Gasteiger partial charge in [0, 0.05) is 18.4 Å². The topological polar surface area (TPSA) is 17.8 Å². The summed E-state index contributed by atoms with van der Waals surface area (Å²) < 4.78 is 2.11. The minimum absolute atomic E-state index is 0.0163. The van der Waals surface area contributed by atoms with Crippen molar-refractivity contribution in [3.63, 3.8) is 0 Å². The van der Waals surface area contributed by atoms with E-state index in [4.69, 9.17) is 7.85 Å². The minimum Gasteiger partial charge on any atom is -0.335 e. The summed E-state index contributed by atoms with van der Waals surface area (Å²) in [6, 6.07) is 20.9. The molecule has 0 saturated carbocycles. The predicted molar refractivity (Wildman–Crippen MR) is 97.7 cm³/mol. The number of imidazole rings is 1. The number of benzene rings is 2. The molecular formula is C20H23BN2. The Morgan fingerprint density at radius 2 is 1.48 bits per heavy atom. The molecule has 2 aromatic carbocycles. The minimum atomic E-state index is -0.0163. The average Bonchev–Trinajstić information content (AvgIpc) is 3.17. The lowest BCUT2D eigenvalue weighted by molar-refractivity contribution is 0.530. The second kappa shape index (κ2) is 8.99. The maximum atomic E-state index is 6.12. The highest BCUT2D eigenvalue weighted by molar-refractivity contribution is 6.14. The molecule has 1 heterocycles. The van der Waals surface area contributed by atoms with Crippen molar-refractivity contribution < 1.29 is 0 Å². The van der Waals surface area contributed by atoms with Gasteiger partial charge < -0.3 is 4.57 Å². The first-order chi connectivity index (χ1) is 11.2. The van der Waals surface area contributed by atoms with Crippen molar-refractivity contribution in [3.05, 3.63) is 90.5 Å². The molecule has 0 spiro atoms. The van der Waals surface area contributed by atoms with Crippen LogP contribution in [0.1, 0.15) is 43.3 Å². The number of hydrogen-bond donors (Lipinski definition) is 0. The molecule has 1 atom stereocenters. The monoisotopic (exact) mass is 302 g/mol. The van der Waals surface area contributed by atoms with E-state index in [-0.39, 0.29) is 5.82 Å². The molecule has 0 bridgehead atoms. The fraction of sp³-hybridized carbons (Fsp3) is 0.250. The van der Waals surface area contributed by atoms with Crippen molar-refractivity contribution in [2.75, 3.05) is 0 Å². The van der Waals surface area contributed by atoms with Gasteiger partial charge in [0.05, 0.1) is 14.2 Å². The molecule has 23 heavy (non-hydrogen) atoms. The molecule has 0 aliphatic rings. The van der Waals surface area contributed by atoms with Crippen LogP contribution in [0.4, 0.5) is 0 Å². The van der Waals surface area contributed by atoms with Gasteiger partial charge in [0.2, 0.25) is 0 Å². The summed E-state index contributed by atoms with van der Waals surface area (Å²) in [5, 5.41) is 0. The maximum absolute atomic E-state index is 6.12. The number of hydrogen-bond acceptors (Lipinski definition) is 1. The SMILES string of the molecule is CCC(C)n1ccnc1.[B]C(c1ccccc1)c1ccccc1. The highest BCUT2D eigenvalue weighted by atomic mass is 15.0. The highest BCUT2D eigenvalue weighted by Crippen LogP contribution is 2.20. The highest BCUT2D eigenvalue weighted by Gasteiger charge is 2.05. The predicted octanol–water partition coefficient (Wildman–Crippen LogP) is 4.80. The molecule has 0 amide bonds. The molecule has 0 N–H and O–H groups in total. The summed E-state index contributed by atoms with van der Waals surface area (Å²) in [5.41, 5.74) is 2.30. The van der Waals surface area contributed by atoms with Crippen LogP contribution in [0, 0.1) is 0 Å². The number of aromatic nitrogens is 2. The Hall–Kier alpha value is -2.29. The van der Waals surface area contributed by atoms with Crippen molar-refractivity contribution in [1.29, 1.82) is 0 Å². The molecule has 3 aromatic rings. The molecule has 2 radical (unpaired) electrons. The summed E-state index contributed by atoms with van der Waals surface area (Å²) in [7, 11) is 6.12. The van der Waals surface area contributed by atoms with Crippen LogP contribution >= 0.6 is 0 Å². The van der Waals surface area contributed by atoms with Crippen LogP contribution in [-0.2, 0) is 0 Å². The first-order valence-electron chi connectivity index (χ1n) is 8.05. The zero-order valence-electron chi connectivity index (χ0n) is 13.8. The van der Waals surface area contributed by atoms with E-state index in [0.717, 1.165) is 17.5 Å². The van der Waals surface area contributed by atoms with Crippen molar-refractivity contribution >= 4 is 7.85 Å². The number of rotatable bonds is 4. The van der Waals surface area contributed by atoms with Crippen LogP contribution in [0.15, 0.2) is 79.4 Å². The molecule has 3 rings (SSSR count). The van der Waals surface area contributed by atoms with Crippen molar-refractivity contribution in [1.82, 2.24) is 9.55 Å². The summed E-state index contributed by atoms with van der Waals surface area (Å²) in [4.78, 5) is 3.95. The van der Waals surface area contributed by atoms with Crippen molar-refractivity contribution in [2.45, 2.75) is 32.1 Å². The third kappa shape index (κ3) is 5.13. The normalized spacial score (nSPS) is 11.6. The van der Waals surface area contributed by atoms with E-state index in [9.17, 15) is 0 Å². The Morgan fingerprint density at radius 3 is 1.87 bits per heavy atom. The quantitative estimate of drug-likeness (QED) is 0.633. The van der Waals surface area contributed by atoms with Crippen LogP contribution in [0.25, 0.3) is 0 Å². The van der Waals surface area contributed by atoms with Gasteiger partial charge in [-0.2, -0.15) is 0 Å². The van der Waals surface area contributed by atoms with E-state index in [1.54, 1.807) is 0 Å². The standard InChI is InChI=1S/C13H11B.C7H12N2/c14-13(11-7-3-1-4-8-11)12-9-5-2-6-10-12;1-3-7(2)9-5-4-8-6-9/h1-10,13H;4-7H,3H2,1-2H3. The first kappa shape index (κ1) is 17.1. The van der Waals surface area contributed by atoms with Gasteiger partial charge in [-0.1, -0.05) is 67.6 Å². The maximum Gasteiger partial charge on any atom is 0.0948 e. The lowest BCUT2D eigenvalue weighted by Crippen LogP contribution is -1.99. The largest absolute Gasteiger partial charge is 0.335 e. The Morgan fingerprint density at radius 1 is 0.957 bits per heavy atom. The smallest absolute Gasteiger partial charge is 0.0948 e. The summed E-state index contributed by atoms with van der Waals surface area (Å²) in [5.74, 6) is -0.0163. The third-order valence-corrected chi connectivity index (χ3v) is 3.94. The fourth-order valence-corrected chi connectivity index (χ4v) is 2.25. The fourth-order valence-electron chi connectivity index (χ4n) is 2.25. The molecule has 3 heteroatoms. The van der Waals surface area contributed by atoms with E-state index in [2.05, 4.69) is 47.7 Å². The Balaban J connectivity index is 0.000000185. The summed E-state index contributed by atoms with van der Waals surface area (Å²) >= 11 is 0. The van der Waals surface area contributed by atoms with E-state index in [0.29, 0.717) is 6.04 Å². The van der Waals surface area contributed by atoms with E-state index in [1.165, 1.54) is 0 Å². The molecule has 1 aromatic heterocycles. The lowest BCUT2D eigenvalue weighted by Gasteiger charge is -2.12. The molecule has 0 aliphatic heterocycles. The summed E-state index contributed by atoms with van der Waals surface area (Å²) in [6.45, 7) is 4.35. The van der Waals surface area contributed by atoms with Crippen LogP contribution in [0.5, 0.6) is 0 Å². The van der Waals surface area contributed by atoms with E-state index in [1.807, 2.05) is 55.1 Å². The van der Waals surface area contributed by atoms with Gasteiger partial charge in [-0.15, -0.1) is 0 Å². The molecule has 1 unspecified atom stereocenters. The zero-order chi connectivity index (χ0) is 16.5. The van der Waals surface area contributed by atoms with Gasteiger partial charge in [-0.25, -0.2) is 4.98 Å². The second-order valence-corrected chi connectivity index (χ2v) is 5.57. The molecule has 116 valence electrons. The third-order valence-electron chi connectivity index (χ3n) is 3.94. The van der Waals surface area contributed by atoms with Gasteiger partial charge in [-0.3, -0.25) is 0 Å². The number of nitrogens with zero attached hydrogens (tertiary/aromatic N) is 2. The average molecular weight is 302 g/mol. The van der Waals surface area contributed by atoms with E-state index >= 15 is 0 Å². The zero-order valence-corrected chi connectivity index (χ0v) is 13.8. The van der Waals surface area contributed by atoms with E-state index < -0.39 is 0 Å². The lowest BCUT2D eigenvalue weighted by atomic mass is 9.76. The van der Waals surface area contributed by atoms with Gasteiger partial charge in [0.1, 0.15) is 0 Å². The van der Waals surface area contributed by atoms with Gasteiger partial charge in [0.15, 0.2) is 0 Å². The Labute approximate surface area is 140 Å². The van der Waals surface area contributed by atoms with Crippen molar-refractivity contribution in [2.24, 2.45) is 0 Å². The van der Waals surface area contributed by atoms with Crippen LogP contribution in [0.3, 0.4) is 0 Å². The van der Waals surface area contributed by atoms with Crippen molar-refractivity contribution in [3.8, 4) is 0 Å². The Bertz CT molecular complexity index is 611. The Kier molecular flexibility index (Phi) is 6.67. The van der Waals surface area contributed by atoms with Crippen LogP contribution in [-0.4, -0.2) is 17.4 Å². The molecule has 0 saturated heterocycles. The molecule has 0 fully saturated rings. The van der Waals surface area contributed by atoms with Gasteiger partial charge >= 0.3 is 0 Å². The first-order valence-corrected chi connectivity index (χ1v) is 8.05. The van der Waals surface area contributed by atoms with Gasteiger partial charge in [-0.05, 0) is 30.3 Å².